The summed E-state index contributed by atoms with van der Waals surface area (Å²) in [6.07, 6.45) is 3.17. The van der Waals surface area contributed by atoms with E-state index in [0.29, 0.717) is 11.7 Å². The summed E-state index contributed by atoms with van der Waals surface area (Å²) >= 11 is 5.02. The van der Waals surface area contributed by atoms with E-state index in [1.165, 1.54) is 0 Å². The summed E-state index contributed by atoms with van der Waals surface area (Å²) < 4.78 is 6.48. The van der Waals surface area contributed by atoms with Crippen molar-refractivity contribution >= 4 is 27.3 Å². The van der Waals surface area contributed by atoms with Crippen molar-refractivity contribution in [2.24, 2.45) is 5.73 Å². The summed E-state index contributed by atoms with van der Waals surface area (Å²) in [5.74, 6) is 1.33. The fourth-order valence-electron chi connectivity index (χ4n) is 2.44. The average molecular weight is 328 g/mol. The van der Waals surface area contributed by atoms with Crippen LogP contribution in [0.25, 0.3) is 10.7 Å². The lowest BCUT2D eigenvalue weighted by atomic mass is 9.85. The molecule has 1 fully saturated rings. The molecular formula is C12H14BrN3OS. The van der Waals surface area contributed by atoms with Crippen molar-refractivity contribution in [3.63, 3.8) is 0 Å². The third-order valence-electron chi connectivity index (χ3n) is 3.73. The molecule has 0 aliphatic heterocycles. The SMILES string of the molecule is CC1(c2nc(-c3cc(Br)cs3)no2)CCCC1N. The summed E-state index contributed by atoms with van der Waals surface area (Å²) in [6.45, 7) is 2.12. The number of hydrogen-bond acceptors (Lipinski definition) is 5. The molecule has 1 aliphatic carbocycles. The molecule has 2 N–H and O–H groups in total. The average Bonchev–Trinajstić information content (AvgIpc) is 3.01. The van der Waals surface area contributed by atoms with Gasteiger partial charge in [0.05, 0.1) is 10.3 Å². The zero-order valence-corrected chi connectivity index (χ0v) is 12.4. The van der Waals surface area contributed by atoms with Crippen LogP contribution in [-0.2, 0) is 5.41 Å². The molecule has 2 unspecified atom stereocenters. The fourth-order valence-corrected chi connectivity index (χ4v) is 3.80. The molecule has 0 bridgehead atoms. The quantitative estimate of drug-likeness (QED) is 0.918. The molecule has 0 spiro atoms. The van der Waals surface area contributed by atoms with Gasteiger partial charge >= 0.3 is 0 Å². The van der Waals surface area contributed by atoms with Gasteiger partial charge in [-0.05, 0) is 41.8 Å². The van der Waals surface area contributed by atoms with Gasteiger partial charge < -0.3 is 10.3 Å². The molecule has 2 heterocycles. The Morgan fingerprint density at radius 2 is 2.44 bits per heavy atom. The molecule has 1 saturated carbocycles. The molecule has 1 aliphatic rings. The van der Waals surface area contributed by atoms with Gasteiger partial charge in [0.2, 0.25) is 11.7 Å². The van der Waals surface area contributed by atoms with E-state index in [1.54, 1.807) is 11.3 Å². The molecule has 18 heavy (non-hydrogen) atoms. The highest BCUT2D eigenvalue weighted by Crippen LogP contribution is 2.40. The van der Waals surface area contributed by atoms with E-state index >= 15 is 0 Å². The van der Waals surface area contributed by atoms with Gasteiger partial charge in [0.1, 0.15) is 0 Å². The Hall–Kier alpha value is -0.720. The largest absolute Gasteiger partial charge is 0.338 e. The molecule has 4 nitrogen and oxygen atoms in total. The van der Waals surface area contributed by atoms with Crippen molar-refractivity contribution in [2.45, 2.75) is 37.6 Å². The van der Waals surface area contributed by atoms with Crippen molar-refractivity contribution in [1.82, 2.24) is 10.1 Å². The predicted octanol–water partition coefficient (Wildman–Crippen LogP) is 3.33. The minimum atomic E-state index is -0.167. The summed E-state index contributed by atoms with van der Waals surface area (Å²) in [7, 11) is 0. The Labute approximate surface area is 118 Å². The third-order valence-corrected chi connectivity index (χ3v) is 5.42. The minimum Gasteiger partial charge on any atom is -0.338 e. The molecule has 0 amide bonds. The highest BCUT2D eigenvalue weighted by atomic mass is 79.9. The van der Waals surface area contributed by atoms with E-state index in [0.717, 1.165) is 28.6 Å². The maximum Gasteiger partial charge on any atom is 0.234 e. The highest BCUT2D eigenvalue weighted by Gasteiger charge is 2.42. The van der Waals surface area contributed by atoms with Crippen LogP contribution in [0.4, 0.5) is 0 Å². The molecule has 2 aromatic rings. The normalized spacial score (nSPS) is 27.8. The lowest BCUT2D eigenvalue weighted by Crippen LogP contribution is -2.38. The zero-order valence-electron chi connectivity index (χ0n) is 10.0. The molecule has 2 aromatic heterocycles. The Morgan fingerprint density at radius 3 is 3.06 bits per heavy atom. The first-order valence-electron chi connectivity index (χ1n) is 5.94. The van der Waals surface area contributed by atoms with Crippen molar-refractivity contribution in [1.29, 1.82) is 0 Å². The molecule has 3 rings (SSSR count). The monoisotopic (exact) mass is 327 g/mol. The van der Waals surface area contributed by atoms with Gasteiger partial charge in [-0.3, -0.25) is 0 Å². The lowest BCUT2D eigenvalue weighted by Gasteiger charge is -2.23. The summed E-state index contributed by atoms with van der Waals surface area (Å²) in [4.78, 5) is 5.54. The van der Waals surface area contributed by atoms with Crippen LogP contribution >= 0.6 is 27.3 Å². The molecule has 0 aromatic carbocycles. The van der Waals surface area contributed by atoms with Gasteiger partial charge in [-0.25, -0.2) is 0 Å². The molecule has 0 radical (unpaired) electrons. The predicted molar refractivity (Wildman–Crippen MR) is 74.5 cm³/mol. The maximum atomic E-state index is 6.16. The van der Waals surface area contributed by atoms with Crippen LogP contribution < -0.4 is 5.73 Å². The summed E-state index contributed by atoms with van der Waals surface area (Å²) in [5.41, 5.74) is 6.00. The van der Waals surface area contributed by atoms with Crippen molar-refractivity contribution in [3.05, 3.63) is 21.8 Å². The van der Waals surface area contributed by atoms with Gasteiger partial charge in [-0.2, -0.15) is 4.98 Å². The number of hydrogen-bond donors (Lipinski definition) is 1. The van der Waals surface area contributed by atoms with Gasteiger partial charge in [-0.15, -0.1) is 11.3 Å². The van der Waals surface area contributed by atoms with Crippen LogP contribution in [0.5, 0.6) is 0 Å². The number of thiophene rings is 1. The van der Waals surface area contributed by atoms with E-state index in [9.17, 15) is 0 Å². The number of rotatable bonds is 2. The Morgan fingerprint density at radius 1 is 1.61 bits per heavy atom. The maximum absolute atomic E-state index is 6.16. The lowest BCUT2D eigenvalue weighted by molar-refractivity contribution is 0.278. The Kier molecular flexibility index (Phi) is 3.03. The first kappa shape index (κ1) is 12.3. The number of aromatic nitrogens is 2. The van der Waals surface area contributed by atoms with Crippen molar-refractivity contribution < 1.29 is 4.52 Å². The van der Waals surface area contributed by atoms with Crippen LogP contribution in [0.2, 0.25) is 0 Å². The van der Waals surface area contributed by atoms with Gasteiger partial charge in [0.25, 0.3) is 0 Å². The van der Waals surface area contributed by atoms with E-state index in [4.69, 9.17) is 10.3 Å². The minimum absolute atomic E-state index is 0.112. The van der Waals surface area contributed by atoms with Crippen LogP contribution in [0, 0.1) is 0 Å². The first-order valence-corrected chi connectivity index (χ1v) is 7.61. The standard InChI is InChI=1S/C12H14BrN3OS/c1-12(4-2-3-9(12)14)11-15-10(16-17-11)8-5-7(13)6-18-8/h5-6,9H,2-4,14H2,1H3. The fraction of sp³-hybridized carbons (Fsp3) is 0.500. The topological polar surface area (TPSA) is 64.9 Å². The third kappa shape index (κ3) is 1.92. The smallest absolute Gasteiger partial charge is 0.234 e. The van der Waals surface area contributed by atoms with E-state index in [-0.39, 0.29) is 11.5 Å². The molecular weight excluding hydrogens is 314 g/mol. The Bertz CT molecular complexity index is 567. The second-order valence-corrected chi connectivity index (χ2v) is 6.80. The second kappa shape index (κ2) is 4.43. The van der Waals surface area contributed by atoms with Crippen LogP contribution in [-0.4, -0.2) is 16.2 Å². The van der Waals surface area contributed by atoms with Gasteiger partial charge in [0, 0.05) is 15.9 Å². The van der Waals surface area contributed by atoms with Gasteiger partial charge in [-0.1, -0.05) is 11.6 Å². The first-order chi connectivity index (χ1) is 8.59. The van der Waals surface area contributed by atoms with E-state index in [2.05, 4.69) is 33.0 Å². The summed E-state index contributed by atoms with van der Waals surface area (Å²) in [5, 5.41) is 6.08. The van der Waals surface area contributed by atoms with Crippen molar-refractivity contribution in [2.75, 3.05) is 0 Å². The van der Waals surface area contributed by atoms with Crippen LogP contribution in [0.3, 0.4) is 0 Å². The molecule has 96 valence electrons. The Balaban J connectivity index is 1.94. The summed E-state index contributed by atoms with van der Waals surface area (Å²) in [6, 6.07) is 2.11. The van der Waals surface area contributed by atoms with Crippen LogP contribution in [0.15, 0.2) is 20.4 Å². The molecule has 0 saturated heterocycles. The van der Waals surface area contributed by atoms with Gasteiger partial charge in [0.15, 0.2) is 0 Å². The van der Waals surface area contributed by atoms with E-state index in [1.807, 2.05) is 11.4 Å². The second-order valence-electron chi connectivity index (χ2n) is 4.97. The highest BCUT2D eigenvalue weighted by molar-refractivity contribution is 9.10. The van der Waals surface area contributed by atoms with Crippen LogP contribution in [0.1, 0.15) is 32.1 Å². The zero-order chi connectivity index (χ0) is 12.8. The number of halogens is 1. The number of nitrogens with zero attached hydrogens (tertiary/aromatic N) is 2. The van der Waals surface area contributed by atoms with Crippen molar-refractivity contribution in [3.8, 4) is 10.7 Å². The van der Waals surface area contributed by atoms with E-state index < -0.39 is 0 Å². The molecule has 2 atom stereocenters. The number of nitrogens with two attached hydrogens (primary N) is 1. The molecule has 6 heteroatoms.